The van der Waals surface area contributed by atoms with Crippen molar-refractivity contribution < 1.29 is 3.89 Å². The van der Waals surface area contributed by atoms with Gasteiger partial charge < -0.3 is 0 Å². The second-order valence-electron chi connectivity index (χ2n) is 2.81. The van der Waals surface area contributed by atoms with Crippen LogP contribution in [0.2, 0.25) is 0 Å². The summed E-state index contributed by atoms with van der Waals surface area (Å²) in [5, 5.41) is 0. The molecule has 0 heterocycles. The molecule has 0 spiro atoms. The van der Waals surface area contributed by atoms with E-state index >= 15 is 0 Å². The molecular weight excluding hydrogens is 175 g/mol. The van der Waals surface area contributed by atoms with Crippen molar-refractivity contribution in [2.24, 2.45) is 0 Å². The molecule has 0 radical (unpaired) electrons. The lowest BCUT2D eigenvalue weighted by molar-refractivity contribution is 0.882. The van der Waals surface area contributed by atoms with Gasteiger partial charge in [-0.3, -0.25) is 0 Å². The summed E-state index contributed by atoms with van der Waals surface area (Å²) in [7, 11) is -3.55. The maximum atomic E-state index is 12.9. The Bertz CT molecular complexity index is 396. The third kappa shape index (κ3) is 1.82. The molecule has 0 bridgehead atoms. The van der Waals surface area contributed by atoms with Gasteiger partial charge in [-0.1, -0.05) is 17.7 Å². The van der Waals surface area contributed by atoms with Gasteiger partial charge in [0, 0.05) is 0 Å². The molecule has 4 heteroatoms. The zero-order chi connectivity index (χ0) is 9.35. The normalized spacial score (nSPS) is 11.6. The van der Waals surface area contributed by atoms with Gasteiger partial charge in [-0.15, -0.1) is 3.89 Å². The summed E-state index contributed by atoms with van der Waals surface area (Å²) in [5.74, 6) is 0. The van der Waals surface area contributed by atoms with Crippen LogP contribution in [0.3, 0.4) is 0 Å². The van der Waals surface area contributed by atoms with Crippen LogP contribution in [0.4, 0.5) is 3.89 Å². The Morgan fingerprint density at radius 2 is 1.83 bits per heavy atom. The summed E-state index contributed by atoms with van der Waals surface area (Å²) < 4.78 is 26.9. The first-order valence-electron chi connectivity index (χ1n) is 3.50. The topological polar surface area (TPSA) is 47.7 Å². The van der Waals surface area contributed by atoms with E-state index in [0.29, 0.717) is 5.56 Å². The van der Waals surface area contributed by atoms with Crippen LogP contribution < -0.4 is 0 Å². The molecule has 1 aromatic rings. The highest BCUT2D eigenvalue weighted by molar-refractivity contribution is 7.88. The number of rotatable bonds is 1. The average Bonchev–Trinajstić information content (AvgIpc) is 1.83. The van der Waals surface area contributed by atoms with E-state index < -0.39 is 10.0 Å². The predicted octanol–water partition coefficient (Wildman–Crippen LogP) is 3.23. The summed E-state index contributed by atoms with van der Waals surface area (Å²) in [4.78, 5) is 0.202. The fraction of sp³-hybridized carbons (Fsp3) is 0.250. The zero-order valence-electron chi connectivity index (χ0n) is 7.02. The highest BCUT2D eigenvalue weighted by atomic mass is 32.2. The molecule has 0 aliphatic heterocycles. The van der Waals surface area contributed by atoms with Crippen molar-refractivity contribution in [3.8, 4) is 0 Å². The lowest BCUT2D eigenvalue weighted by Gasteiger charge is -2.05. The van der Waals surface area contributed by atoms with E-state index in [4.69, 9.17) is 9.56 Å². The number of hydrogen-bond donors (Lipinski definition) is 2. The van der Waals surface area contributed by atoms with Crippen molar-refractivity contribution in [3.63, 3.8) is 0 Å². The van der Waals surface area contributed by atoms with Crippen LogP contribution >= 0.6 is 0 Å². The Morgan fingerprint density at radius 3 is 2.25 bits per heavy atom. The maximum Gasteiger partial charge on any atom is 0.121 e. The highest BCUT2D eigenvalue weighted by Crippen LogP contribution is 2.19. The van der Waals surface area contributed by atoms with Gasteiger partial charge in [0.2, 0.25) is 0 Å². The molecule has 0 unspecified atom stereocenters. The second-order valence-corrected chi connectivity index (χ2v) is 4.32. The lowest BCUT2D eigenvalue weighted by Crippen LogP contribution is -1.92. The fourth-order valence-corrected chi connectivity index (χ4v) is 1.87. The van der Waals surface area contributed by atoms with Crippen molar-refractivity contribution in [3.05, 3.63) is 29.3 Å². The molecule has 0 fully saturated rings. The minimum absolute atomic E-state index is 0.202. The molecule has 0 aliphatic rings. The molecule has 0 aromatic heterocycles. The number of hydrogen-bond acceptors (Lipinski definition) is 2. The van der Waals surface area contributed by atoms with Crippen LogP contribution in [0.5, 0.6) is 0 Å². The summed E-state index contributed by atoms with van der Waals surface area (Å²) in [5.41, 5.74) is 1.72. The quantitative estimate of drug-likeness (QED) is 0.676. The Labute approximate surface area is 72.1 Å². The third-order valence-corrected chi connectivity index (χ3v) is 2.70. The number of benzene rings is 1. The fourth-order valence-electron chi connectivity index (χ4n) is 1.11. The summed E-state index contributed by atoms with van der Waals surface area (Å²) in [6.45, 7) is 3.63. The molecule has 2 nitrogen and oxygen atoms in total. The van der Waals surface area contributed by atoms with Gasteiger partial charge in [0.05, 0.1) is 4.90 Å². The first-order valence-corrected chi connectivity index (χ1v) is 5.04. The van der Waals surface area contributed by atoms with Crippen LogP contribution in [-0.2, 0) is 10.0 Å². The summed E-state index contributed by atoms with van der Waals surface area (Å²) in [6, 6.07) is 5.05. The first kappa shape index (κ1) is 9.19. The largest absolute Gasteiger partial charge is 0.240 e. The van der Waals surface area contributed by atoms with Gasteiger partial charge in [-0.25, -0.2) is 9.56 Å². The van der Waals surface area contributed by atoms with E-state index in [1.807, 2.05) is 6.92 Å². The second kappa shape index (κ2) is 2.86. The lowest BCUT2D eigenvalue weighted by atomic mass is 10.2. The number of halogens is 1. The van der Waals surface area contributed by atoms with Gasteiger partial charge in [0.1, 0.15) is 10.0 Å². The Balaban J connectivity index is 3.39. The van der Waals surface area contributed by atoms with E-state index in [1.54, 1.807) is 19.1 Å². The van der Waals surface area contributed by atoms with Crippen molar-refractivity contribution in [1.29, 1.82) is 9.56 Å². The number of aryl methyl sites for hydroxylation is 2. The van der Waals surface area contributed by atoms with Gasteiger partial charge in [0.15, 0.2) is 0 Å². The van der Waals surface area contributed by atoms with Gasteiger partial charge in [-0.2, -0.15) is 0 Å². The molecule has 1 aromatic carbocycles. The molecule has 0 saturated carbocycles. The van der Waals surface area contributed by atoms with Crippen LogP contribution in [0.15, 0.2) is 23.1 Å². The Kier molecular flexibility index (Phi) is 2.19. The standard InChI is InChI=1S/C8H11FN2S/c1-6-3-4-8(7(2)5-6)12(9,10)11/h3-5,10-11H,1-2H3. The number of nitrogens with one attached hydrogen (secondary N) is 2. The van der Waals surface area contributed by atoms with Crippen molar-refractivity contribution in [1.82, 2.24) is 0 Å². The predicted molar refractivity (Wildman–Crippen MR) is 48.1 cm³/mol. The summed E-state index contributed by atoms with van der Waals surface area (Å²) >= 11 is 0. The van der Waals surface area contributed by atoms with Crippen LogP contribution in [0.25, 0.3) is 0 Å². The minimum atomic E-state index is -3.55. The van der Waals surface area contributed by atoms with E-state index in [9.17, 15) is 3.89 Å². The Hall–Kier alpha value is -0.900. The molecule has 66 valence electrons. The SMILES string of the molecule is Cc1ccc(S(=N)(=N)F)c(C)c1. The van der Waals surface area contributed by atoms with Crippen molar-refractivity contribution >= 4 is 10.0 Å². The van der Waals surface area contributed by atoms with Crippen LogP contribution in [-0.4, -0.2) is 0 Å². The van der Waals surface area contributed by atoms with Crippen LogP contribution in [0.1, 0.15) is 11.1 Å². The first-order chi connectivity index (χ1) is 5.41. The molecule has 0 atom stereocenters. The van der Waals surface area contributed by atoms with E-state index in [2.05, 4.69) is 0 Å². The molecular formula is C8H11FN2S. The highest BCUT2D eigenvalue weighted by Gasteiger charge is 2.06. The van der Waals surface area contributed by atoms with E-state index in [-0.39, 0.29) is 4.90 Å². The maximum absolute atomic E-state index is 12.9. The minimum Gasteiger partial charge on any atom is -0.240 e. The van der Waals surface area contributed by atoms with E-state index in [1.165, 1.54) is 6.07 Å². The van der Waals surface area contributed by atoms with Gasteiger partial charge in [0.25, 0.3) is 0 Å². The Morgan fingerprint density at radius 1 is 1.25 bits per heavy atom. The molecule has 1 rings (SSSR count). The van der Waals surface area contributed by atoms with Crippen molar-refractivity contribution in [2.45, 2.75) is 18.7 Å². The van der Waals surface area contributed by atoms with Crippen molar-refractivity contribution in [2.75, 3.05) is 0 Å². The molecule has 0 saturated heterocycles. The smallest absolute Gasteiger partial charge is 0.121 e. The average molecular weight is 186 g/mol. The summed E-state index contributed by atoms with van der Waals surface area (Å²) in [6.07, 6.45) is 0. The molecule has 12 heavy (non-hydrogen) atoms. The monoisotopic (exact) mass is 186 g/mol. The zero-order valence-corrected chi connectivity index (χ0v) is 7.83. The van der Waals surface area contributed by atoms with Gasteiger partial charge in [-0.05, 0) is 25.5 Å². The van der Waals surface area contributed by atoms with Gasteiger partial charge >= 0.3 is 0 Å². The molecule has 0 aliphatic carbocycles. The molecule has 2 N–H and O–H groups in total. The van der Waals surface area contributed by atoms with Crippen LogP contribution in [0, 0.1) is 23.4 Å². The molecule has 0 amide bonds. The third-order valence-electron chi connectivity index (χ3n) is 1.63. The van der Waals surface area contributed by atoms with E-state index in [0.717, 1.165) is 5.56 Å².